The number of hydrogen-bond acceptors (Lipinski definition) is 4. The van der Waals surface area contributed by atoms with Crippen LogP contribution in [0.25, 0.3) is 11.2 Å². The first kappa shape index (κ1) is 8.74. The summed E-state index contributed by atoms with van der Waals surface area (Å²) in [6.07, 6.45) is 1.59. The van der Waals surface area contributed by atoms with Gasteiger partial charge in [0.25, 0.3) is 5.56 Å². The maximum absolute atomic E-state index is 11.5. The lowest BCUT2D eigenvalue weighted by molar-refractivity contribution is 0.615. The zero-order valence-electron chi connectivity index (χ0n) is 7.98. The van der Waals surface area contributed by atoms with E-state index >= 15 is 0 Å². The van der Waals surface area contributed by atoms with Gasteiger partial charge in [-0.15, -0.1) is 0 Å². The molecule has 0 aliphatic rings. The van der Waals surface area contributed by atoms with Crippen molar-refractivity contribution in [1.29, 1.82) is 0 Å². The minimum absolute atomic E-state index is 0.0940. The van der Waals surface area contributed by atoms with Crippen LogP contribution in [0, 0.1) is 0 Å². The molecule has 3 N–H and O–H groups in total. The molecule has 0 aromatic carbocycles. The second-order valence-corrected chi connectivity index (χ2v) is 3.37. The Morgan fingerprint density at radius 2 is 2.29 bits per heavy atom. The minimum Gasteiger partial charge on any atom is -0.369 e. The number of nitrogens with two attached hydrogens (primary N) is 1. The molecule has 0 atom stereocenters. The molecule has 0 radical (unpaired) electrons. The third-order valence-electron chi connectivity index (χ3n) is 2.01. The van der Waals surface area contributed by atoms with E-state index in [1.165, 1.54) is 0 Å². The molecule has 0 unspecified atom stereocenters. The van der Waals surface area contributed by atoms with E-state index in [-0.39, 0.29) is 17.5 Å². The first-order valence-electron chi connectivity index (χ1n) is 4.32. The first-order valence-corrected chi connectivity index (χ1v) is 4.32. The van der Waals surface area contributed by atoms with Crippen molar-refractivity contribution in [2.45, 2.75) is 19.9 Å². The molecule has 0 saturated carbocycles. The molecule has 74 valence electrons. The third-order valence-corrected chi connectivity index (χ3v) is 2.01. The summed E-state index contributed by atoms with van der Waals surface area (Å²) in [5.74, 6) is 0.0940. The van der Waals surface area contributed by atoms with Gasteiger partial charge in [0.2, 0.25) is 5.95 Å². The van der Waals surface area contributed by atoms with Crippen molar-refractivity contribution in [2.24, 2.45) is 0 Å². The number of rotatable bonds is 1. The van der Waals surface area contributed by atoms with Crippen molar-refractivity contribution < 1.29 is 0 Å². The summed E-state index contributed by atoms with van der Waals surface area (Å²) >= 11 is 0. The Kier molecular flexibility index (Phi) is 1.77. The van der Waals surface area contributed by atoms with E-state index in [1.54, 1.807) is 10.9 Å². The number of nitrogen functional groups attached to an aromatic ring is 1. The Morgan fingerprint density at radius 1 is 1.57 bits per heavy atom. The lowest BCUT2D eigenvalue weighted by Gasteiger charge is -2.06. The van der Waals surface area contributed by atoms with Crippen molar-refractivity contribution in [2.75, 3.05) is 5.73 Å². The van der Waals surface area contributed by atoms with E-state index in [2.05, 4.69) is 15.0 Å². The second kappa shape index (κ2) is 2.83. The Morgan fingerprint density at radius 3 is 2.93 bits per heavy atom. The normalized spacial score (nSPS) is 11.4. The average Bonchev–Trinajstić information content (AvgIpc) is 2.47. The number of fused-ring (bicyclic) bond motifs is 1. The van der Waals surface area contributed by atoms with E-state index in [0.717, 1.165) is 0 Å². The van der Waals surface area contributed by atoms with Crippen LogP contribution in [-0.2, 0) is 0 Å². The molecule has 0 bridgehead atoms. The Balaban J connectivity index is 2.86. The number of nitrogens with zero attached hydrogens (tertiary/aromatic N) is 3. The molecule has 6 heteroatoms. The summed E-state index contributed by atoms with van der Waals surface area (Å²) in [5.41, 5.74) is 6.00. The van der Waals surface area contributed by atoms with Gasteiger partial charge >= 0.3 is 0 Å². The number of anilines is 1. The highest BCUT2D eigenvalue weighted by Gasteiger charge is 2.10. The van der Waals surface area contributed by atoms with Crippen molar-refractivity contribution >= 4 is 17.1 Å². The summed E-state index contributed by atoms with van der Waals surface area (Å²) in [5, 5.41) is 0. The fraction of sp³-hybridized carbons (Fsp3) is 0.375. The molecular weight excluding hydrogens is 182 g/mol. The van der Waals surface area contributed by atoms with Gasteiger partial charge in [0.15, 0.2) is 11.2 Å². The van der Waals surface area contributed by atoms with Gasteiger partial charge in [-0.2, -0.15) is 4.98 Å². The van der Waals surface area contributed by atoms with Crippen LogP contribution in [-0.4, -0.2) is 19.5 Å². The van der Waals surface area contributed by atoms with Crippen LogP contribution in [0.1, 0.15) is 19.9 Å². The van der Waals surface area contributed by atoms with Crippen LogP contribution in [0.4, 0.5) is 5.95 Å². The van der Waals surface area contributed by atoms with Gasteiger partial charge in [0.1, 0.15) is 0 Å². The van der Waals surface area contributed by atoms with Gasteiger partial charge in [-0.1, -0.05) is 0 Å². The molecule has 0 aliphatic carbocycles. The molecule has 0 amide bonds. The zero-order chi connectivity index (χ0) is 10.3. The molecule has 2 aromatic heterocycles. The number of H-pyrrole nitrogens is 1. The van der Waals surface area contributed by atoms with E-state index in [1.807, 2.05) is 13.8 Å². The quantitative estimate of drug-likeness (QED) is 0.680. The van der Waals surface area contributed by atoms with Gasteiger partial charge in [0.05, 0.1) is 6.33 Å². The molecule has 2 heterocycles. The Labute approximate surface area is 79.8 Å². The molecule has 14 heavy (non-hydrogen) atoms. The van der Waals surface area contributed by atoms with Gasteiger partial charge in [-0.05, 0) is 13.8 Å². The van der Waals surface area contributed by atoms with Crippen LogP contribution in [0.5, 0.6) is 0 Å². The predicted molar refractivity (Wildman–Crippen MR) is 52.9 cm³/mol. The van der Waals surface area contributed by atoms with Crippen LogP contribution >= 0.6 is 0 Å². The van der Waals surface area contributed by atoms with Crippen LogP contribution in [0.3, 0.4) is 0 Å². The molecule has 0 spiro atoms. The Bertz CT molecular complexity index is 524. The van der Waals surface area contributed by atoms with Gasteiger partial charge < -0.3 is 10.3 Å². The fourth-order valence-corrected chi connectivity index (χ4v) is 1.36. The minimum atomic E-state index is -0.251. The molecule has 2 aromatic rings. The SMILES string of the molecule is CC(C)n1cnc2nc(N)[nH]c(=O)c21. The lowest BCUT2D eigenvalue weighted by Crippen LogP contribution is -2.15. The van der Waals surface area contributed by atoms with Crippen molar-refractivity contribution in [3.05, 3.63) is 16.7 Å². The third kappa shape index (κ3) is 1.15. The fourth-order valence-electron chi connectivity index (χ4n) is 1.36. The molecule has 0 aliphatic heterocycles. The maximum Gasteiger partial charge on any atom is 0.278 e. The van der Waals surface area contributed by atoms with Crippen molar-refractivity contribution in [1.82, 2.24) is 19.5 Å². The number of nitrogens with one attached hydrogen (secondary N) is 1. The van der Waals surface area contributed by atoms with E-state index < -0.39 is 0 Å². The van der Waals surface area contributed by atoms with Crippen LogP contribution in [0.2, 0.25) is 0 Å². The van der Waals surface area contributed by atoms with Gasteiger partial charge in [-0.25, -0.2) is 4.98 Å². The second-order valence-electron chi connectivity index (χ2n) is 3.37. The Hall–Kier alpha value is -1.85. The molecular formula is C8H11N5O. The van der Waals surface area contributed by atoms with Crippen LogP contribution in [0.15, 0.2) is 11.1 Å². The summed E-state index contributed by atoms with van der Waals surface area (Å²) in [6.45, 7) is 3.94. The molecule has 0 saturated heterocycles. The summed E-state index contributed by atoms with van der Waals surface area (Å²) in [7, 11) is 0. The highest BCUT2D eigenvalue weighted by atomic mass is 16.1. The first-order chi connectivity index (χ1) is 6.59. The summed E-state index contributed by atoms with van der Waals surface area (Å²) in [4.78, 5) is 21.9. The molecule has 6 nitrogen and oxygen atoms in total. The van der Waals surface area contributed by atoms with Gasteiger partial charge in [-0.3, -0.25) is 9.78 Å². The van der Waals surface area contributed by atoms with E-state index in [0.29, 0.717) is 11.2 Å². The number of hydrogen-bond donors (Lipinski definition) is 2. The smallest absolute Gasteiger partial charge is 0.278 e. The zero-order valence-corrected chi connectivity index (χ0v) is 7.98. The molecule has 0 fully saturated rings. The number of aromatic nitrogens is 4. The van der Waals surface area contributed by atoms with E-state index in [9.17, 15) is 4.79 Å². The maximum atomic E-state index is 11.5. The summed E-state index contributed by atoms with van der Waals surface area (Å²) in [6, 6.07) is 0.173. The van der Waals surface area contributed by atoms with Crippen LogP contribution < -0.4 is 11.3 Å². The van der Waals surface area contributed by atoms with Gasteiger partial charge in [0, 0.05) is 6.04 Å². The number of aromatic amines is 1. The number of imidazole rings is 1. The van der Waals surface area contributed by atoms with Crippen molar-refractivity contribution in [3.8, 4) is 0 Å². The van der Waals surface area contributed by atoms with Crippen molar-refractivity contribution in [3.63, 3.8) is 0 Å². The highest BCUT2D eigenvalue weighted by molar-refractivity contribution is 5.70. The summed E-state index contributed by atoms with van der Waals surface area (Å²) < 4.78 is 1.76. The lowest BCUT2D eigenvalue weighted by atomic mass is 10.4. The topological polar surface area (TPSA) is 89.6 Å². The largest absolute Gasteiger partial charge is 0.369 e. The van der Waals surface area contributed by atoms with E-state index in [4.69, 9.17) is 5.73 Å². The highest BCUT2D eigenvalue weighted by Crippen LogP contribution is 2.11. The average molecular weight is 193 g/mol. The predicted octanol–water partition coefficient (Wildman–Crippen LogP) is 0.283. The standard InChI is InChI=1S/C8H11N5O/c1-4(2)13-3-10-6-5(13)7(14)12-8(9)11-6/h3-4H,1-2H3,(H3,9,11,12,14). The molecule has 2 rings (SSSR count). The monoisotopic (exact) mass is 193 g/mol.